The number of rotatable bonds is 3. The van der Waals surface area contributed by atoms with Gasteiger partial charge in [-0.2, -0.15) is 0 Å². The molecule has 2 aromatic carbocycles. The van der Waals surface area contributed by atoms with Gasteiger partial charge in [0.1, 0.15) is 11.3 Å². The molecule has 7 nitrogen and oxygen atoms in total. The molecule has 0 fully saturated rings. The van der Waals surface area contributed by atoms with Crippen LogP contribution in [0.3, 0.4) is 0 Å². The number of amides is 1. The average Bonchev–Trinajstić information content (AvgIpc) is 3.34. The number of nitrogens with one attached hydrogen (secondary N) is 3. The van der Waals surface area contributed by atoms with E-state index in [-0.39, 0.29) is 5.91 Å². The second-order valence-corrected chi connectivity index (χ2v) is 6.65. The highest BCUT2D eigenvalue weighted by Crippen LogP contribution is 2.24. The third-order valence-electron chi connectivity index (χ3n) is 4.41. The Bertz CT molecular complexity index is 1340. The Morgan fingerprint density at radius 3 is 2.82 bits per heavy atom. The number of benzene rings is 2. The van der Waals surface area contributed by atoms with E-state index in [2.05, 4.69) is 30.2 Å². The lowest BCUT2D eigenvalue weighted by Gasteiger charge is -2.06. The predicted octanol–water partition coefficient (Wildman–Crippen LogP) is 4.41. The maximum Gasteiger partial charge on any atom is 0.257 e. The number of anilines is 1. The van der Waals surface area contributed by atoms with Crippen LogP contribution in [-0.2, 0) is 0 Å². The number of halogens is 1. The lowest BCUT2D eigenvalue weighted by Crippen LogP contribution is -2.12. The summed E-state index contributed by atoms with van der Waals surface area (Å²) in [6.07, 6.45) is 3.23. The Labute approximate surface area is 163 Å². The van der Waals surface area contributed by atoms with E-state index in [4.69, 9.17) is 11.6 Å². The van der Waals surface area contributed by atoms with Crippen molar-refractivity contribution >= 4 is 45.4 Å². The average molecular weight is 389 g/mol. The molecule has 0 saturated heterocycles. The van der Waals surface area contributed by atoms with Gasteiger partial charge in [0, 0.05) is 5.56 Å². The number of fused-ring (bicyclic) bond motifs is 2. The van der Waals surface area contributed by atoms with Crippen molar-refractivity contribution in [3.8, 4) is 11.4 Å². The number of H-pyrrole nitrogens is 2. The zero-order valence-corrected chi connectivity index (χ0v) is 15.2. The summed E-state index contributed by atoms with van der Waals surface area (Å²) in [7, 11) is 0. The summed E-state index contributed by atoms with van der Waals surface area (Å²) in [6, 6.07) is 14.5. The van der Waals surface area contributed by atoms with Crippen LogP contribution in [0.1, 0.15) is 10.4 Å². The van der Waals surface area contributed by atoms with Crippen molar-refractivity contribution in [1.29, 1.82) is 0 Å². The van der Waals surface area contributed by atoms with Crippen LogP contribution >= 0.6 is 11.6 Å². The van der Waals surface area contributed by atoms with E-state index in [9.17, 15) is 4.79 Å². The maximum absolute atomic E-state index is 12.4. The first kappa shape index (κ1) is 16.5. The first-order valence-corrected chi connectivity index (χ1v) is 8.90. The number of carbonyl (C=O) groups excluding carboxylic acids is 1. The third-order valence-corrected chi connectivity index (χ3v) is 4.74. The van der Waals surface area contributed by atoms with Gasteiger partial charge in [-0.15, -0.1) is 0 Å². The van der Waals surface area contributed by atoms with Crippen LogP contribution in [0.15, 0.2) is 61.1 Å². The highest BCUT2D eigenvalue weighted by molar-refractivity contribution is 6.34. The second-order valence-electron chi connectivity index (χ2n) is 6.25. The Balaban J connectivity index is 1.46. The van der Waals surface area contributed by atoms with Crippen molar-refractivity contribution in [3.05, 3.63) is 71.6 Å². The highest BCUT2D eigenvalue weighted by atomic mass is 35.5. The Hall–Kier alpha value is -3.71. The molecule has 8 heteroatoms. The van der Waals surface area contributed by atoms with E-state index < -0.39 is 0 Å². The topological polar surface area (TPSA) is 99.3 Å². The van der Waals surface area contributed by atoms with Gasteiger partial charge in [-0.05, 0) is 36.4 Å². The molecule has 136 valence electrons. The fraction of sp³-hybridized carbons (Fsp3) is 0. The summed E-state index contributed by atoms with van der Waals surface area (Å²) in [4.78, 5) is 31.9. The van der Waals surface area contributed by atoms with Gasteiger partial charge >= 0.3 is 0 Å². The van der Waals surface area contributed by atoms with Crippen LogP contribution in [0.5, 0.6) is 0 Å². The predicted molar refractivity (Wildman–Crippen MR) is 108 cm³/mol. The van der Waals surface area contributed by atoms with Crippen LogP contribution in [0.4, 0.5) is 5.69 Å². The minimum atomic E-state index is -0.300. The summed E-state index contributed by atoms with van der Waals surface area (Å²) in [5, 5.41) is 3.20. The van der Waals surface area contributed by atoms with Gasteiger partial charge in [-0.3, -0.25) is 4.79 Å². The van der Waals surface area contributed by atoms with Crippen LogP contribution in [0.25, 0.3) is 33.6 Å². The normalized spacial score (nSPS) is 11.2. The van der Waals surface area contributed by atoms with Crippen molar-refractivity contribution in [3.63, 3.8) is 0 Å². The smallest absolute Gasteiger partial charge is 0.257 e. The van der Waals surface area contributed by atoms with Crippen LogP contribution in [-0.4, -0.2) is 30.8 Å². The quantitative estimate of drug-likeness (QED) is 0.426. The molecule has 0 atom stereocenters. The first-order valence-electron chi connectivity index (χ1n) is 8.52. The van der Waals surface area contributed by atoms with Crippen molar-refractivity contribution in [2.45, 2.75) is 0 Å². The van der Waals surface area contributed by atoms with Crippen LogP contribution in [0.2, 0.25) is 5.02 Å². The number of hydrogen-bond donors (Lipinski definition) is 3. The Morgan fingerprint density at radius 1 is 1.04 bits per heavy atom. The van der Waals surface area contributed by atoms with Gasteiger partial charge in [0.25, 0.3) is 5.91 Å². The van der Waals surface area contributed by atoms with Gasteiger partial charge in [-0.1, -0.05) is 23.7 Å². The van der Waals surface area contributed by atoms with Crippen molar-refractivity contribution in [2.75, 3.05) is 5.32 Å². The van der Waals surface area contributed by atoms with Gasteiger partial charge in [0.05, 0.1) is 39.8 Å². The third kappa shape index (κ3) is 2.87. The molecule has 0 aliphatic rings. The molecule has 3 heterocycles. The second kappa shape index (κ2) is 6.47. The zero-order chi connectivity index (χ0) is 19.1. The number of nitrogens with zero attached hydrogens (tertiary/aromatic N) is 3. The van der Waals surface area contributed by atoms with Crippen LogP contribution in [0, 0.1) is 0 Å². The van der Waals surface area contributed by atoms with Gasteiger partial charge < -0.3 is 15.3 Å². The highest BCUT2D eigenvalue weighted by Gasteiger charge is 2.12. The molecule has 28 heavy (non-hydrogen) atoms. The van der Waals surface area contributed by atoms with Gasteiger partial charge in [0.2, 0.25) is 0 Å². The van der Waals surface area contributed by atoms with Crippen molar-refractivity contribution in [1.82, 2.24) is 24.9 Å². The molecule has 0 unspecified atom stereocenters. The molecule has 3 N–H and O–H groups in total. The molecule has 0 aliphatic heterocycles. The molecule has 0 spiro atoms. The molecule has 1 amide bonds. The largest absolute Gasteiger partial charge is 0.345 e. The molecule has 0 radical (unpaired) electrons. The molecule has 3 aromatic heterocycles. The number of hydrogen-bond acceptors (Lipinski definition) is 4. The van der Waals surface area contributed by atoms with Crippen LogP contribution < -0.4 is 5.32 Å². The number of pyridine rings is 1. The lowest BCUT2D eigenvalue weighted by atomic mass is 10.2. The molecule has 5 aromatic rings. The summed E-state index contributed by atoms with van der Waals surface area (Å²) in [6.45, 7) is 0. The van der Waals surface area contributed by atoms with E-state index in [0.717, 1.165) is 16.6 Å². The van der Waals surface area contributed by atoms with Gasteiger partial charge in [-0.25, -0.2) is 15.0 Å². The van der Waals surface area contributed by atoms with Crippen molar-refractivity contribution < 1.29 is 4.79 Å². The standard InChI is InChI=1S/C20H13ClN6O/c21-14-4-2-1-3-13(14)20(28)25-12-8-17-19(22-9-12)27-18(26-17)11-5-6-15-16(7-11)24-10-23-15/h1-10H,(H,23,24)(H,25,28)(H,22,26,27). The number of aromatic amines is 2. The number of aromatic nitrogens is 5. The summed E-state index contributed by atoms with van der Waals surface area (Å²) in [5.41, 5.74) is 4.94. The monoisotopic (exact) mass is 388 g/mol. The van der Waals surface area contributed by atoms with E-state index >= 15 is 0 Å². The number of carbonyl (C=O) groups is 1. The molecule has 0 saturated carbocycles. The molecular weight excluding hydrogens is 376 g/mol. The minimum Gasteiger partial charge on any atom is -0.345 e. The first-order chi connectivity index (χ1) is 13.7. The van der Waals surface area contributed by atoms with Gasteiger partial charge in [0.15, 0.2) is 5.65 Å². The summed E-state index contributed by atoms with van der Waals surface area (Å²) in [5.74, 6) is 0.383. The van der Waals surface area contributed by atoms with E-state index in [1.54, 1.807) is 42.9 Å². The SMILES string of the molecule is O=C(Nc1cnc2[nH]c(-c3ccc4[nH]cnc4c3)nc2c1)c1ccccc1Cl. The van der Waals surface area contributed by atoms with E-state index in [1.807, 2.05) is 18.2 Å². The summed E-state index contributed by atoms with van der Waals surface area (Å²) >= 11 is 6.08. The molecular formula is C20H13ClN6O. The molecule has 5 rings (SSSR count). The zero-order valence-electron chi connectivity index (χ0n) is 14.4. The Morgan fingerprint density at radius 2 is 1.93 bits per heavy atom. The molecule has 0 aliphatic carbocycles. The van der Waals surface area contributed by atoms with E-state index in [1.165, 1.54) is 0 Å². The number of imidazole rings is 2. The maximum atomic E-state index is 12.4. The fourth-order valence-electron chi connectivity index (χ4n) is 3.02. The van der Waals surface area contributed by atoms with Crippen molar-refractivity contribution in [2.24, 2.45) is 0 Å². The fourth-order valence-corrected chi connectivity index (χ4v) is 3.24. The van der Waals surface area contributed by atoms with E-state index in [0.29, 0.717) is 33.3 Å². The Kier molecular flexibility index (Phi) is 3.80. The summed E-state index contributed by atoms with van der Waals surface area (Å²) < 4.78 is 0. The molecule has 0 bridgehead atoms. The lowest BCUT2D eigenvalue weighted by molar-refractivity contribution is 0.102. The minimum absolute atomic E-state index is 0.300.